The number of rotatable bonds is 5. The van der Waals surface area contributed by atoms with Gasteiger partial charge < -0.3 is 0 Å². The van der Waals surface area contributed by atoms with E-state index in [1.54, 1.807) is 23.6 Å². The van der Waals surface area contributed by atoms with Gasteiger partial charge in [0.2, 0.25) is 0 Å². The van der Waals surface area contributed by atoms with Crippen LogP contribution >= 0.6 is 11.3 Å². The Morgan fingerprint density at radius 1 is 1.27 bits per heavy atom. The molecular formula is C17H10FN5O2S. The van der Waals surface area contributed by atoms with E-state index < -0.39 is 4.92 Å². The molecule has 0 saturated heterocycles. The molecule has 0 saturated carbocycles. The zero-order chi connectivity index (χ0) is 18.5. The maximum Gasteiger partial charge on any atom is 0.294 e. The van der Waals surface area contributed by atoms with E-state index in [0.29, 0.717) is 16.3 Å². The summed E-state index contributed by atoms with van der Waals surface area (Å²) in [7, 11) is 0. The molecule has 0 spiro atoms. The largest absolute Gasteiger partial charge is 0.294 e. The monoisotopic (exact) mass is 367 g/mol. The molecule has 0 radical (unpaired) electrons. The summed E-state index contributed by atoms with van der Waals surface area (Å²) in [6.45, 7) is 0. The first-order valence-corrected chi connectivity index (χ1v) is 8.15. The molecule has 26 heavy (non-hydrogen) atoms. The summed E-state index contributed by atoms with van der Waals surface area (Å²) in [6, 6.07) is 13.7. The smallest absolute Gasteiger partial charge is 0.270 e. The van der Waals surface area contributed by atoms with Gasteiger partial charge in [-0.3, -0.25) is 15.5 Å². The molecule has 9 heteroatoms. The average molecular weight is 367 g/mol. The summed E-state index contributed by atoms with van der Waals surface area (Å²) in [5.74, 6) is -0.350. The van der Waals surface area contributed by atoms with Crippen LogP contribution < -0.4 is 5.43 Å². The van der Waals surface area contributed by atoms with Gasteiger partial charge in [-0.25, -0.2) is 9.37 Å². The standard InChI is InChI=1S/C17H10FN5O2S/c18-12-7-5-11(6-8-12)15-10-26-17(20-15)14(9-19)22-21-13-3-1-2-4-16(13)23(24)25/h1-8,10,21H/b22-14+. The van der Waals surface area contributed by atoms with Gasteiger partial charge in [0.25, 0.3) is 5.69 Å². The van der Waals surface area contributed by atoms with Gasteiger partial charge in [0.1, 0.15) is 17.6 Å². The van der Waals surface area contributed by atoms with Crippen molar-refractivity contribution in [3.63, 3.8) is 0 Å². The topological polar surface area (TPSA) is 104 Å². The van der Waals surface area contributed by atoms with Crippen LogP contribution in [0.3, 0.4) is 0 Å². The van der Waals surface area contributed by atoms with E-state index in [1.165, 1.54) is 41.7 Å². The van der Waals surface area contributed by atoms with Crippen LogP contribution in [0.25, 0.3) is 11.3 Å². The molecule has 0 aliphatic heterocycles. The zero-order valence-electron chi connectivity index (χ0n) is 13.1. The first-order valence-electron chi connectivity index (χ1n) is 7.27. The third-order valence-corrected chi connectivity index (χ3v) is 4.19. The predicted molar refractivity (Wildman–Crippen MR) is 96.4 cm³/mol. The van der Waals surface area contributed by atoms with Crippen LogP contribution in [0.2, 0.25) is 0 Å². The maximum absolute atomic E-state index is 13.0. The molecule has 0 fully saturated rings. The van der Waals surface area contributed by atoms with Gasteiger partial charge in [0, 0.05) is 17.0 Å². The van der Waals surface area contributed by atoms with Gasteiger partial charge in [0.05, 0.1) is 10.6 Å². The first-order chi connectivity index (χ1) is 12.6. The predicted octanol–water partition coefficient (Wildman–Crippen LogP) is 4.20. The van der Waals surface area contributed by atoms with E-state index in [1.807, 2.05) is 6.07 Å². The summed E-state index contributed by atoms with van der Waals surface area (Å²) in [4.78, 5) is 14.8. The number of anilines is 1. The Hall–Kier alpha value is -3.64. The lowest BCUT2D eigenvalue weighted by Crippen LogP contribution is -2.03. The first kappa shape index (κ1) is 17.2. The van der Waals surface area contributed by atoms with Crippen molar-refractivity contribution in [1.82, 2.24) is 4.98 Å². The minimum Gasteiger partial charge on any atom is -0.270 e. The molecule has 7 nitrogen and oxygen atoms in total. The second kappa shape index (κ2) is 7.50. The summed E-state index contributed by atoms with van der Waals surface area (Å²) < 4.78 is 13.0. The van der Waals surface area contributed by atoms with Crippen molar-refractivity contribution in [3.05, 3.63) is 74.9 Å². The number of nitrogens with zero attached hydrogens (tertiary/aromatic N) is 4. The van der Waals surface area contributed by atoms with Gasteiger partial charge in [-0.05, 0) is 30.3 Å². The molecule has 0 unspecified atom stereocenters. The highest BCUT2D eigenvalue weighted by molar-refractivity contribution is 7.12. The molecule has 128 valence electrons. The van der Waals surface area contributed by atoms with Crippen molar-refractivity contribution in [2.24, 2.45) is 5.10 Å². The van der Waals surface area contributed by atoms with Crippen LogP contribution in [-0.2, 0) is 0 Å². The Labute approximate surface area is 151 Å². The van der Waals surface area contributed by atoms with Gasteiger partial charge in [-0.15, -0.1) is 11.3 Å². The fourth-order valence-electron chi connectivity index (χ4n) is 2.10. The number of nitrogens with one attached hydrogen (secondary N) is 1. The molecule has 2 aromatic carbocycles. The Morgan fingerprint density at radius 3 is 2.69 bits per heavy atom. The Kier molecular flexibility index (Phi) is 4.96. The van der Waals surface area contributed by atoms with Gasteiger partial charge in [-0.1, -0.05) is 12.1 Å². The molecule has 1 heterocycles. The highest BCUT2D eigenvalue weighted by atomic mass is 32.1. The summed E-state index contributed by atoms with van der Waals surface area (Å²) in [5, 5.41) is 26.3. The highest BCUT2D eigenvalue weighted by Gasteiger charge is 2.14. The molecule has 0 amide bonds. The SMILES string of the molecule is N#C/C(=N\Nc1ccccc1[N+](=O)[O-])c1nc(-c2ccc(F)cc2)cs1. The molecule has 0 aliphatic rings. The Bertz CT molecular complexity index is 1020. The minimum atomic E-state index is -0.542. The van der Waals surface area contributed by atoms with Crippen molar-refractivity contribution in [2.75, 3.05) is 5.43 Å². The third kappa shape index (κ3) is 3.71. The molecule has 3 rings (SSSR count). The van der Waals surface area contributed by atoms with Crippen LogP contribution in [-0.4, -0.2) is 15.6 Å². The molecule has 3 aromatic rings. The number of para-hydroxylation sites is 2. The molecular weight excluding hydrogens is 357 g/mol. The molecule has 0 bridgehead atoms. The fourth-order valence-corrected chi connectivity index (χ4v) is 2.87. The fraction of sp³-hybridized carbons (Fsp3) is 0. The van der Waals surface area contributed by atoms with E-state index in [4.69, 9.17) is 0 Å². The Balaban J connectivity index is 1.86. The van der Waals surface area contributed by atoms with Crippen LogP contribution in [0.5, 0.6) is 0 Å². The van der Waals surface area contributed by atoms with Crippen LogP contribution in [0.1, 0.15) is 5.01 Å². The Morgan fingerprint density at radius 2 is 2.00 bits per heavy atom. The van der Waals surface area contributed by atoms with Crippen LogP contribution in [0.15, 0.2) is 59.0 Å². The van der Waals surface area contributed by atoms with Crippen molar-refractivity contribution < 1.29 is 9.31 Å². The molecule has 0 atom stereocenters. The number of halogens is 1. The molecule has 1 N–H and O–H groups in total. The number of nitro groups is 1. The quantitative estimate of drug-likeness (QED) is 0.413. The van der Waals surface area contributed by atoms with Crippen molar-refractivity contribution >= 4 is 28.4 Å². The summed E-state index contributed by atoms with van der Waals surface area (Å²) >= 11 is 1.19. The number of aromatic nitrogens is 1. The lowest BCUT2D eigenvalue weighted by atomic mass is 10.2. The third-order valence-electron chi connectivity index (χ3n) is 3.34. The lowest BCUT2D eigenvalue weighted by molar-refractivity contribution is -0.384. The highest BCUT2D eigenvalue weighted by Crippen LogP contribution is 2.25. The van der Waals surface area contributed by atoms with Gasteiger partial charge in [0.15, 0.2) is 10.7 Å². The number of nitro benzene ring substituents is 1. The number of benzene rings is 2. The average Bonchev–Trinajstić information content (AvgIpc) is 3.13. The van der Waals surface area contributed by atoms with E-state index in [0.717, 1.165) is 0 Å². The normalized spacial score (nSPS) is 11.0. The van der Waals surface area contributed by atoms with Crippen molar-refractivity contribution in [3.8, 4) is 17.3 Å². The lowest BCUT2D eigenvalue weighted by Gasteiger charge is -2.01. The van der Waals surface area contributed by atoms with Crippen LogP contribution in [0.4, 0.5) is 15.8 Å². The second-order valence-electron chi connectivity index (χ2n) is 5.00. The van der Waals surface area contributed by atoms with E-state index in [2.05, 4.69) is 15.5 Å². The summed E-state index contributed by atoms with van der Waals surface area (Å²) in [6.07, 6.45) is 0. The zero-order valence-corrected chi connectivity index (χ0v) is 13.9. The second-order valence-corrected chi connectivity index (χ2v) is 5.86. The van der Waals surface area contributed by atoms with Crippen LogP contribution in [0, 0.1) is 27.3 Å². The number of thiazole rings is 1. The van der Waals surface area contributed by atoms with E-state index in [-0.39, 0.29) is 22.9 Å². The molecule has 0 aliphatic carbocycles. The number of hydrogen-bond donors (Lipinski definition) is 1. The number of hydrazone groups is 1. The van der Waals surface area contributed by atoms with Crippen molar-refractivity contribution in [1.29, 1.82) is 5.26 Å². The van der Waals surface area contributed by atoms with Gasteiger partial charge in [-0.2, -0.15) is 10.4 Å². The van der Waals surface area contributed by atoms with E-state index >= 15 is 0 Å². The minimum absolute atomic E-state index is 0.0125. The summed E-state index contributed by atoms with van der Waals surface area (Å²) in [5.41, 5.74) is 3.83. The number of nitriles is 1. The molecule has 1 aromatic heterocycles. The maximum atomic E-state index is 13.0. The van der Waals surface area contributed by atoms with Crippen molar-refractivity contribution in [2.45, 2.75) is 0 Å². The van der Waals surface area contributed by atoms with Gasteiger partial charge >= 0.3 is 0 Å². The number of hydrogen-bond acceptors (Lipinski definition) is 7. The van der Waals surface area contributed by atoms with E-state index in [9.17, 15) is 19.8 Å².